The Bertz CT molecular complexity index is 446. The first-order valence-corrected chi connectivity index (χ1v) is 7.93. The molecule has 0 aromatic rings. The molecule has 1 saturated carbocycles. The van der Waals surface area contributed by atoms with Crippen LogP contribution in [0.1, 0.15) is 39.0 Å². The lowest BCUT2D eigenvalue weighted by Crippen LogP contribution is -2.45. The van der Waals surface area contributed by atoms with E-state index in [-0.39, 0.29) is 0 Å². The molecule has 1 heterocycles. The smallest absolute Gasteiger partial charge is 0.269 e. The van der Waals surface area contributed by atoms with Crippen LogP contribution in [0.4, 0.5) is 0 Å². The van der Waals surface area contributed by atoms with Gasteiger partial charge in [-0.2, -0.15) is 12.7 Å². The minimum atomic E-state index is -3.64. The predicted octanol–water partition coefficient (Wildman–Crippen LogP) is 1.19. The summed E-state index contributed by atoms with van der Waals surface area (Å²) in [5, 5.41) is 0. The molecular weight excluding hydrogens is 252 g/mol. The molecule has 1 N–H and O–H groups in total. The van der Waals surface area contributed by atoms with Crippen LogP contribution < -0.4 is 4.72 Å². The molecule has 1 aliphatic carbocycles. The molecule has 0 bridgehead atoms. The number of nitrogens with one attached hydrogen (secondary N) is 1. The molecule has 0 spiro atoms. The molecule has 2 fully saturated rings. The molecule has 0 aromatic carbocycles. The highest BCUT2D eigenvalue weighted by Gasteiger charge is 2.27. The second kappa shape index (κ2) is 5.40. The van der Waals surface area contributed by atoms with Crippen molar-refractivity contribution in [1.29, 1.82) is 0 Å². The van der Waals surface area contributed by atoms with Crippen LogP contribution in [0.5, 0.6) is 0 Å². The minimum Gasteiger partial charge on any atom is -0.269 e. The van der Waals surface area contributed by atoms with Crippen molar-refractivity contribution in [2.45, 2.75) is 39.0 Å². The monoisotopic (exact) mass is 272 g/mol. The van der Waals surface area contributed by atoms with Gasteiger partial charge in [0.1, 0.15) is 0 Å². The van der Waals surface area contributed by atoms with E-state index in [1.54, 1.807) is 0 Å². The molecule has 102 valence electrons. The molecule has 6 heteroatoms. The zero-order valence-corrected chi connectivity index (χ0v) is 11.5. The molecule has 5 nitrogen and oxygen atoms in total. The summed E-state index contributed by atoms with van der Waals surface area (Å²) in [4.78, 5) is 11.7. The molecule has 2 aliphatic rings. The number of carbonyl (C=O) groups is 1. The average molecular weight is 272 g/mol. The summed E-state index contributed by atoms with van der Waals surface area (Å²) < 4.78 is 27.3. The number of rotatable bonds is 4. The lowest BCUT2D eigenvalue weighted by molar-refractivity contribution is -0.115. The van der Waals surface area contributed by atoms with Gasteiger partial charge >= 0.3 is 10.2 Å². The van der Waals surface area contributed by atoms with Crippen molar-refractivity contribution < 1.29 is 13.2 Å². The fourth-order valence-electron chi connectivity index (χ4n) is 2.19. The second-order valence-corrected chi connectivity index (χ2v) is 6.76. The van der Waals surface area contributed by atoms with E-state index in [9.17, 15) is 13.2 Å². The quantitative estimate of drug-likeness (QED) is 0.782. The standard InChI is InChI=1S/C12H20N2O3S/c1-10(11-5-6-11)9-12(15)13-18(16,17)14-7-3-2-4-8-14/h9,11H,2-8H2,1H3,(H,13,15)/b10-9+. The van der Waals surface area contributed by atoms with Gasteiger partial charge in [-0.25, -0.2) is 4.72 Å². The summed E-state index contributed by atoms with van der Waals surface area (Å²) in [6.07, 6.45) is 6.42. The van der Waals surface area contributed by atoms with Gasteiger partial charge in [0.05, 0.1) is 0 Å². The van der Waals surface area contributed by atoms with Gasteiger partial charge in [-0.3, -0.25) is 4.79 Å². The van der Waals surface area contributed by atoms with Crippen molar-refractivity contribution in [3.63, 3.8) is 0 Å². The Morgan fingerprint density at radius 1 is 1.22 bits per heavy atom. The first kappa shape index (κ1) is 13.5. The Kier molecular flexibility index (Phi) is 4.07. The molecule has 0 aromatic heterocycles. The highest BCUT2D eigenvalue weighted by molar-refractivity contribution is 7.87. The SMILES string of the molecule is C/C(=C\C(=O)NS(=O)(=O)N1CCCCC1)C1CC1. The summed E-state index contributed by atoms with van der Waals surface area (Å²) in [6.45, 7) is 2.90. The molecule has 1 aliphatic heterocycles. The third-order valence-electron chi connectivity index (χ3n) is 3.46. The Hall–Kier alpha value is -0.880. The average Bonchev–Trinajstić information content (AvgIpc) is 3.13. The summed E-state index contributed by atoms with van der Waals surface area (Å²) >= 11 is 0. The summed E-state index contributed by atoms with van der Waals surface area (Å²) in [5.41, 5.74) is 0.973. The van der Waals surface area contributed by atoms with E-state index in [1.807, 2.05) is 6.92 Å². The van der Waals surface area contributed by atoms with Gasteiger partial charge in [0.2, 0.25) is 0 Å². The van der Waals surface area contributed by atoms with E-state index >= 15 is 0 Å². The number of piperidine rings is 1. The van der Waals surface area contributed by atoms with Crippen molar-refractivity contribution in [2.24, 2.45) is 5.92 Å². The van der Waals surface area contributed by atoms with Gasteiger partial charge in [0.15, 0.2) is 0 Å². The Morgan fingerprint density at radius 3 is 2.39 bits per heavy atom. The normalized spacial score (nSPS) is 22.8. The number of amides is 1. The first-order chi connectivity index (χ1) is 8.49. The van der Waals surface area contributed by atoms with Crippen LogP contribution in [0.15, 0.2) is 11.6 Å². The number of hydrogen-bond acceptors (Lipinski definition) is 3. The predicted molar refractivity (Wildman–Crippen MR) is 69.0 cm³/mol. The van der Waals surface area contributed by atoms with Gasteiger partial charge in [-0.1, -0.05) is 12.0 Å². The maximum atomic E-state index is 11.9. The summed E-state index contributed by atoms with van der Waals surface area (Å²) in [5.74, 6) is -0.0431. The fourth-order valence-corrected chi connectivity index (χ4v) is 3.37. The zero-order chi connectivity index (χ0) is 13.2. The van der Waals surface area contributed by atoms with Gasteiger partial charge in [-0.05, 0) is 38.5 Å². The van der Waals surface area contributed by atoms with Crippen molar-refractivity contribution in [3.05, 3.63) is 11.6 Å². The minimum absolute atomic E-state index is 0.480. The van der Waals surface area contributed by atoms with Gasteiger partial charge < -0.3 is 0 Å². The Morgan fingerprint density at radius 2 is 1.83 bits per heavy atom. The number of nitrogens with zero attached hydrogens (tertiary/aromatic N) is 1. The molecule has 1 saturated heterocycles. The maximum Gasteiger partial charge on any atom is 0.304 e. The molecule has 0 unspecified atom stereocenters. The van der Waals surface area contributed by atoms with E-state index in [4.69, 9.17) is 0 Å². The van der Waals surface area contributed by atoms with Crippen LogP contribution in [0.25, 0.3) is 0 Å². The van der Waals surface area contributed by atoms with Crippen molar-refractivity contribution >= 4 is 16.1 Å². The van der Waals surface area contributed by atoms with Crippen LogP contribution in [0, 0.1) is 5.92 Å². The highest BCUT2D eigenvalue weighted by Crippen LogP contribution is 2.35. The van der Waals surface area contributed by atoms with E-state index in [1.165, 1.54) is 10.4 Å². The highest BCUT2D eigenvalue weighted by atomic mass is 32.2. The van der Waals surface area contributed by atoms with Crippen molar-refractivity contribution in [2.75, 3.05) is 13.1 Å². The second-order valence-electron chi connectivity index (χ2n) is 5.09. The Balaban J connectivity index is 1.94. The van der Waals surface area contributed by atoms with Gasteiger partial charge in [0, 0.05) is 19.2 Å². The van der Waals surface area contributed by atoms with E-state index in [0.717, 1.165) is 37.7 Å². The van der Waals surface area contributed by atoms with E-state index in [0.29, 0.717) is 19.0 Å². The van der Waals surface area contributed by atoms with E-state index < -0.39 is 16.1 Å². The zero-order valence-electron chi connectivity index (χ0n) is 10.7. The largest absolute Gasteiger partial charge is 0.304 e. The number of hydrogen-bond donors (Lipinski definition) is 1. The number of allylic oxidation sites excluding steroid dienone is 1. The third kappa shape index (κ3) is 3.55. The van der Waals surface area contributed by atoms with Gasteiger partial charge in [-0.15, -0.1) is 0 Å². The molecule has 1 amide bonds. The summed E-state index contributed by atoms with van der Waals surface area (Å²) in [6, 6.07) is 0. The van der Waals surface area contributed by atoms with Crippen molar-refractivity contribution in [3.8, 4) is 0 Å². The van der Waals surface area contributed by atoms with Crippen LogP contribution in [0.3, 0.4) is 0 Å². The molecular formula is C12H20N2O3S. The fraction of sp³-hybridized carbons (Fsp3) is 0.750. The van der Waals surface area contributed by atoms with Crippen LogP contribution >= 0.6 is 0 Å². The summed E-state index contributed by atoms with van der Waals surface area (Å²) in [7, 11) is -3.64. The lowest BCUT2D eigenvalue weighted by Gasteiger charge is -2.25. The third-order valence-corrected chi connectivity index (χ3v) is 4.97. The van der Waals surface area contributed by atoms with Crippen LogP contribution in [0.2, 0.25) is 0 Å². The molecule has 0 radical (unpaired) electrons. The van der Waals surface area contributed by atoms with Crippen LogP contribution in [-0.4, -0.2) is 31.7 Å². The molecule has 2 rings (SSSR count). The molecule has 18 heavy (non-hydrogen) atoms. The Labute approximate surface area is 108 Å². The number of carbonyl (C=O) groups excluding carboxylic acids is 1. The van der Waals surface area contributed by atoms with Crippen LogP contribution in [-0.2, 0) is 15.0 Å². The maximum absolute atomic E-state index is 11.9. The van der Waals surface area contributed by atoms with E-state index in [2.05, 4.69) is 4.72 Å². The molecule has 0 atom stereocenters. The van der Waals surface area contributed by atoms with Gasteiger partial charge in [0.25, 0.3) is 5.91 Å². The topological polar surface area (TPSA) is 66.5 Å². The lowest BCUT2D eigenvalue weighted by atomic mass is 10.2. The van der Waals surface area contributed by atoms with Crippen molar-refractivity contribution in [1.82, 2.24) is 9.03 Å². The first-order valence-electron chi connectivity index (χ1n) is 6.49.